The quantitative estimate of drug-likeness (QED) is 0.201. The highest BCUT2D eigenvalue weighted by molar-refractivity contribution is 5.80. The molecule has 33 heavy (non-hydrogen) atoms. The second-order valence-corrected chi connectivity index (χ2v) is 8.20. The molecule has 0 aliphatic carbocycles. The van der Waals surface area contributed by atoms with Crippen LogP contribution in [0.25, 0.3) is 12.2 Å². The molecule has 2 aromatic rings. The van der Waals surface area contributed by atoms with E-state index in [-0.39, 0.29) is 17.2 Å². The van der Waals surface area contributed by atoms with E-state index in [0.717, 1.165) is 5.56 Å². The van der Waals surface area contributed by atoms with Crippen molar-refractivity contribution in [1.29, 1.82) is 0 Å². The van der Waals surface area contributed by atoms with Crippen LogP contribution in [0.1, 0.15) is 25.0 Å². The van der Waals surface area contributed by atoms with Crippen molar-refractivity contribution in [2.75, 3.05) is 26.4 Å². The van der Waals surface area contributed by atoms with Crippen LogP contribution in [0, 0.1) is 10.8 Å². The minimum Gasteiger partial charge on any atom is -0.508 e. The summed E-state index contributed by atoms with van der Waals surface area (Å²) in [6.45, 7) is 0.444. The molecule has 9 heteroatoms. The third kappa shape index (κ3) is 6.62. The lowest BCUT2D eigenvalue weighted by Gasteiger charge is -2.22. The zero-order valence-corrected chi connectivity index (χ0v) is 18.4. The second kappa shape index (κ2) is 11.1. The summed E-state index contributed by atoms with van der Waals surface area (Å²) in [5.41, 5.74) is -1.62. The molecule has 0 unspecified atom stereocenters. The maximum atomic E-state index is 12.2. The zero-order valence-electron chi connectivity index (χ0n) is 18.4. The number of aliphatic hydroxyl groups excluding tert-OH is 4. The SMILES string of the molecule is CC(CO)(CO)C(=O)Oc1ccc(/C=C/c2cc(O)cc(OC(=O)C(C)(CO)CO)c2)cc1. The van der Waals surface area contributed by atoms with Crippen molar-refractivity contribution in [2.24, 2.45) is 10.8 Å². The predicted molar refractivity (Wildman–Crippen MR) is 119 cm³/mol. The van der Waals surface area contributed by atoms with Gasteiger partial charge in [-0.3, -0.25) is 9.59 Å². The Kier molecular flexibility index (Phi) is 8.72. The Morgan fingerprint density at radius 1 is 0.727 bits per heavy atom. The molecule has 0 fully saturated rings. The summed E-state index contributed by atoms with van der Waals surface area (Å²) in [4.78, 5) is 24.3. The van der Waals surface area contributed by atoms with Crippen LogP contribution in [-0.4, -0.2) is 63.9 Å². The van der Waals surface area contributed by atoms with Gasteiger partial charge in [0.15, 0.2) is 0 Å². The molecule has 0 aliphatic rings. The van der Waals surface area contributed by atoms with Gasteiger partial charge in [0.05, 0.1) is 26.4 Å². The van der Waals surface area contributed by atoms with Gasteiger partial charge in [-0.25, -0.2) is 0 Å². The molecule has 0 spiro atoms. The van der Waals surface area contributed by atoms with Crippen molar-refractivity contribution in [3.8, 4) is 17.2 Å². The van der Waals surface area contributed by atoms with Gasteiger partial charge in [-0.15, -0.1) is 0 Å². The van der Waals surface area contributed by atoms with Crippen LogP contribution in [0.3, 0.4) is 0 Å². The molecular formula is C24H28O9. The molecule has 0 atom stereocenters. The van der Waals surface area contributed by atoms with E-state index in [1.165, 1.54) is 32.0 Å². The zero-order chi connectivity index (χ0) is 24.6. The Labute approximate surface area is 191 Å². The molecule has 2 aromatic carbocycles. The van der Waals surface area contributed by atoms with Crippen LogP contribution in [-0.2, 0) is 9.59 Å². The van der Waals surface area contributed by atoms with Crippen molar-refractivity contribution in [3.63, 3.8) is 0 Å². The maximum absolute atomic E-state index is 12.2. The summed E-state index contributed by atoms with van der Waals surface area (Å²) < 4.78 is 10.4. The minimum absolute atomic E-state index is 0.0471. The van der Waals surface area contributed by atoms with E-state index >= 15 is 0 Å². The number of carbonyl (C=O) groups excluding carboxylic acids is 2. The minimum atomic E-state index is -1.47. The molecule has 0 saturated heterocycles. The summed E-state index contributed by atoms with van der Waals surface area (Å²) in [5.74, 6) is -1.45. The second-order valence-electron chi connectivity index (χ2n) is 8.20. The topological polar surface area (TPSA) is 154 Å². The average Bonchev–Trinajstić information content (AvgIpc) is 2.82. The normalized spacial score (nSPS) is 12.1. The summed E-state index contributed by atoms with van der Waals surface area (Å²) in [7, 11) is 0. The molecule has 0 bridgehead atoms. The van der Waals surface area contributed by atoms with E-state index < -0.39 is 49.2 Å². The van der Waals surface area contributed by atoms with Gasteiger partial charge in [-0.05, 0) is 49.2 Å². The van der Waals surface area contributed by atoms with Gasteiger partial charge in [0, 0.05) is 6.07 Å². The molecule has 0 saturated carbocycles. The monoisotopic (exact) mass is 460 g/mol. The molecule has 0 radical (unpaired) electrons. The number of rotatable bonds is 10. The smallest absolute Gasteiger partial charge is 0.321 e. The third-order valence-electron chi connectivity index (χ3n) is 5.06. The number of hydrogen-bond acceptors (Lipinski definition) is 9. The largest absolute Gasteiger partial charge is 0.508 e. The van der Waals surface area contributed by atoms with Crippen LogP contribution in [0.15, 0.2) is 42.5 Å². The molecule has 0 aliphatic heterocycles. The predicted octanol–water partition coefficient (Wildman–Crippen LogP) is 1.36. The fourth-order valence-electron chi connectivity index (χ4n) is 2.42. The van der Waals surface area contributed by atoms with Crippen molar-refractivity contribution in [2.45, 2.75) is 13.8 Å². The highest BCUT2D eigenvalue weighted by Crippen LogP contribution is 2.27. The standard InChI is InChI=1S/C24H28O9/c1-23(12-25,13-26)21(30)32-19-7-5-16(6-8-19)3-4-17-9-18(29)11-20(10-17)33-22(31)24(2,14-27)15-28/h3-11,25-29H,12-15H2,1-2H3/b4-3+. The number of benzene rings is 2. The Balaban J connectivity index is 2.12. The lowest BCUT2D eigenvalue weighted by Crippen LogP contribution is -2.38. The third-order valence-corrected chi connectivity index (χ3v) is 5.06. The van der Waals surface area contributed by atoms with E-state index in [4.69, 9.17) is 9.47 Å². The number of phenols is 1. The molecule has 0 heterocycles. The van der Waals surface area contributed by atoms with Gasteiger partial charge >= 0.3 is 11.9 Å². The molecule has 0 amide bonds. The molecule has 5 N–H and O–H groups in total. The Hall–Kier alpha value is -3.24. The van der Waals surface area contributed by atoms with Crippen LogP contribution in [0.5, 0.6) is 17.2 Å². The van der Waals surface area contributed by atoms with E-state index in [9.17, 15) is 35.1 Å². The lowest BCUT2D eigenvalue weighted by molar-refractivity contribution is -0.150. The number of carbonyl (C=O) groups is 2. The first-order chi connectivity index (χ1) is 15.6. The average molecular weight is 460 g/mol. The van der Waals surface area contributed by atoms with Crippen LogP contribution < -0.4 is 9.47 Å². The van der Waals surface area contributed by atoms with Gasteiger partial charge in [-0.1, -0.05) is 24.3 Å². The van der Waals surface area contributed by atoms with Crippen molar-refractivity contribution < 1.29 is 44.6 Å². The van der Waals surface area contributed by atoms with Crippen LogP contribution in [0.4, 0.5) is 0 Å². The fraction of sp³-hybridized carbons (Fsp3) is 0.333. The Bertz CT molecular complexity index is 987. The van der Waals surface area contributed by atoms with Crippen LogP contribution >= 0.6 is 0 Å². The van der Waals surface area contributed by atoms with Gasteiger partial charge < -0.3 is 35.0 Å². The molecule has 178 valence electrons. The van der Waals surface area contributed by atoms with E-state index in [0.29, 0.717) is 5.56 Å². The molecule has 2 rings (SSSR count). The first-order valence-corrected chi connectivity index (χ1v) is 10.1. The van der Waals surface area contributed by atoms with Crippen molar-refractivity contribution in [1.82, 2.24) is 0 Å². The fourth-order valence-corrected chi connectivity index (χ4v) is 2.42. The van der Waals surface area contributed by atoms with Gasteiger partial charge in [0.25, 0.3) is 0 Å². The lowest BCUT2D eigenvalue weighted by atomic mass is 9.93. The van der Waals surface area contributed by atoms with Gasteiger partial charge in [0.1, 0.15) is 28.1 Å². The number of aromatic hydroxyl groups is 1. The Morgan fingerprint density at radius 2 is 1.18 bits per heavy atom. The highest BCUT2D eigenvalue weighted by atomic mass is 16.5. The number of esters is 2. The molecule has 9 nitrogen and oxygen atoms in total. The summed E-state index contributed by atoms with van der Waals surface area (Å²) in [5, 5.41) is 47.1. The number of phenolic OH excluding ortho intramolecular Hbond substituents is 1. The number of aliphatic hydroxyl groups is 4. The first kappa shape index (κ1) is 26.0. The van der Waals surface area contributed by atoms with E-state index in [1.54, 1.807) is 36.4 Å². The van der Waals surface area contributed by atoms with Crippen LogP contribution in [0.2, 0.25) is 0 Å². The summed E-state index contributed by atoms with van der Waals surface area (Å²) in [6.07, 6.45) is 3.37. The first-order valence-electron chi connectivity index (χ1n) is 10.1. The van der Waals surface area contributed by atoms with Crippen molar-refractivity contribution in [3.05, 3.63) is 53.6 Å². The maximum Gasteiger partial charge on any atom is 0.321 e. The molecule has 0 aromatic heterocycles. The Morgan fingerprint density at radius 3 is 1.67 bits per heavy atom. The van der Waals surface area contributed by atoms with Gasteiger partial charge in [-0.2, -0.15) is 0 Å². The number of ether oxygens (including phenoxy) is 2. The van der Waals surface area contributed by atoms with Gasteiger partial charge in [0.2, 0.25) is 0 Å². The summed E-state index contributed by atoms with van der Waals surface area (Å²) in [6, 6.07) is 10.6. The summed E-state index contributed by atoms with van der Waals surface area (Å²) >= 11 is 0. The van der Waals surface area contributed by atoms with Crippen molar-refractivity contribution >= 4 is 24.1 Å². The highest BCUT2D eigenvalue weighted by Gasteiger charge is 2.35. The number of hydrogen-bond donors (Lipinski definition) is 5. The molecular weight excluding hydrogens is 432 g/mol. The van der Waals surface area contributed by atoms with E-state index in [1.807, 2.05) is 0 Å². The van der Waals surface area contributed by atoms with E-state index in [2.05, 4.69) is 0 Å².